The molecule has 4 heterocycles. The quantitative estimate of drug-likeness (QED) is 0.656. The van der Waals surface area contributed by atoms with E-state index in [0.717, 1.165) is 42.6 Å². The van der Waals surface area contributed by atoms with Gasteiger partial charge in [0.25, 0.3) is 0 Å². The molecular weight excluding hydrogens is 350 g/mol. The molecule has 1 aliphatic rings. The van der Waals surface area contributed by atoms with Crippen molar-refractivity contribution in [3.8, 4) is 10.6 Å². The van der Waals surface area contributed by atoms with E-state index in [-0.39, 0.29) is 0 Å². The Kier molecular flexibility index (Phi) is 4.60. The van der Waals surface area contributed by atoms with Crippen molar-refractivity contribution < 1.29 is 9.53 Å². The molecule has 0 N–H and O–H groups in total. The van der Waals surface area contributed by atoms with Crippen LogP contribution in [-0.4, -0.2) is 65.1 Å². The number of hydrogen-bond acceptors (Lipinski definition) is 7. The van der Waals surface area contributed by atoms with Crippen LogP contribution in [0.1, 0.15) is 17.4 Å². The van der Waals surface area contributed by atoms with Crippen LogP contribution in [0.4, 0.5) is 5.82 Å². The number of carbonyl (C=O) groups excluding carboxylic acids is 1. The van der Waals surface area contributed by atoms with Gasteiger partial charge in [-0.1, -0.05) is 6.07 Å². The van der Waals surface area contributed by atoms with Crippen LogP contribution in [0.15, 0.2) is 29.9 Å². The average molecular weight is 371 g/mol. The molecule has 7 nitrogen and oxygen atoms in total. The van der Waals surface area contributed by atoms with E-state index in [0.29, 0.717) is 17.9 Å². The zero-order valence-electron chi connectivity index (χ0n) is 14.9. The number of rotatable bonds is 4. The summed E-state index contributed by atoms with van der Waals surface area (Å²) < 4.78 is 7.09. The lowest BCUT2D eigenvalue weighted by molar-refractivity contribution is 0.0520. The highest BCUT2D eigenvalue weighted by Gasteiger charge is 2.23. The van der Waals surface area contributed by atoms with E-state index in [9.17, 15) is 4.79 Å². The topological polar surface area (TPSA) is 63.0 Å². The maximum atomic E-state index is 12.2. The van der Waals surface area contributed by atoms with Crippen LogP contribution >= 0.6 is 11.3 Å². The Hall–Kier alpha value is -2.45. The number of fused-ring (bicyclic) bond motifs is 1. The minimum absolute atomic E-state index is 0.313. The summed E-state index contributed by atoms with van der Waals surface area (Å²) >= 11 is 1.64. The molecule has 0 unspecified atom stereocenters. The number of esters is 1. The molecule has 3 aromatic heterocycles. The molecular formula is C18H21N5O2S. The molecule has 0 radical (unpaired) electrons. The van der Waals surface area contributed by atoms with Crippen LogP contribution in [0.2, 0.25) is 0 Å². The summed E-state index contributed by atoms with van der Waals surface area (Å²) in [7, 11) is 2.12. The van der Waals surface area contributed by atoms with Crippen LogP contribution < -0.4 is 4.90 Å². The fraction of sp³-hybridized carbons (Fsp3) is 0.389. The predicted octanol–water partition coefficient (Wildman–Crippen LogP) is 2.39. The van der Waals surface area contributed by atoms with Crippen LogP contribution in [0, 0.1) is 0 Å². The Balaban J connectivity index is 1.83. The van der Waals surface area contributed by atoms with Crippen LogP contribution in [0.25, 0.3) is 16.2 Å². The Labute approximate surface area is 155 Å². The van der Waals surface area contributed by atoms with E-state index in [1.165, 1.54) is 0 Å². The van der Waals surface area contributed by atoms with Crippen molar-refractivity contribution in [2.45, 2.75) is 6.92 Å². The van der Waals surface area contributed by atoms with Crippen molar-refractivity contribution in [3.63, 3.8) is 0 Å². The summed E-state index contributed by atoms with van der Waals surface area (Å²) in [5.74, 6) is 0.409. The number of piperazine rings is 1. The number of carbonyl (C=O) groups is 1. The number of likely N-dealkylation sites (N-methyl/N-ethyl adjacent to an activating group) is 1. The Morgan fingerprint density at radius 3 is 2.81 bits per heavy atom. The molecule has 0 aliphatic carbocycles. The largest absolute Gasteiger partial charge is 0.461 e. The average Bonchev–Trinajstić information content (AvgIpc) is 3.32. The van der Waals surface area contributed by atoms with Crippen molar-refractivity contribution >= 4 is 28.8 Å². The number of nitrogens with zero attached hydrogens (tertiary/aromatic N) is 5. The zero-order chi connectivity index (χ0) is 18.1. The Bertz CT molecular complexity index is 913. The number of aromatic nitrogens is 3. The predicted molar refractivity (Wildman–Crippen MR) is 102 cm³/mol. The molecule has 0 aromatic carbocycles. The maximum absolute atomic E-state index is 12.2. The summed E-state index contributed by atoms with van der Waals surface area (Å²) in [5.41, 5.74) is 1.94. The third-order valence-electron chi connectivity index (χ3n) is 4.54. The van der Waals surface area contributed by atoms with E-state index in [4.69, 9.17) is 9.72 Å². The number of thiophene rings is 1. The van der Waals surface area contributed by atoms with Gasteiger partial charge in [0.15, 0.2) is 17.2 Å². The highest BCUT2D eigenvalue weighted by atomic mass is 32.1. The lowest BCUT2D eigenvalue weighted by Gasteiger charge is -2.33. The molecule has 4 rings (SSSR count). The minimum Gasteiger partial charge on any atom is -0.461 e. The molecule has 0 saturated carbocycles. The number of ether oxygens (including phenoxy) is 1. The standard InChI is InChI=1S/C18H21N5O2S/c1-3-25-18(24)13-12-23-14(15-5-4-10-26-15)11-19-16(17(23)20-13)22-8-6-21(2)7-9-22/h4-5,10-12H,3,6-9H2,1-2H3. The number of anilines is 1. The van der Waals surface area contributed by atoms with Gasteiger partial charge in [-0.25, -0.2) is 14.8 Å². The van der Waals surface area contributed by atoms with E-state index >= 15 is 0 Å². The van der Waals surface area contributed by atoms with E-state index in [1.54, 1.807) is 24.5 Å². The Morgan fingerprint density at radius 1 is 1.31 bits per heavy atom. The van der Waals surface area contributed by atoms with Gasteiger partial charge >= 0.3 is 5.97 Å². The van der Waals surface area contributed by atoms with Gasteiger partial charge in [-0.15, -0.1) is 11.3 Å². The van der Waals surface area contributed by atoms with Crippen molar-refractivity contribution in [3.05, 3.63) is 35.6 Å². The molecule has 0 bridgehead atoms. The van der Waals surface area contributed by atoms with Gasteiger partial charge in [-0.05, 0) is 25.4 Å². The third-order valence-corrected chi connectivity index (χ3v) is 5.43. The lowest BCUT2D eigenvalue weighted by atomic mass is 10.3. The van der Waals surface area contributed by atoms with Crippen molar-refractivity contribution in [2.24, 2.45) is 0 Å². The normalized spacial score (nSPS) is 15.5. The van der Waals surface area contributed by atoms with Crippen molar-refractivity contribution in [2.75, 3.05) is 44.7 Å². The van der Waals surface area contributed by atoms with Gasteiger partial charge in [0.05, 0.1) is 23.4 Å². The smallest absolute Gasteiger partial charge is 0.358 e. The summed E-state index contributed by atoms with van der Waals surface area (Å²) in [6.45, 7) is 5.85. The minimum atomic E-state index is -0.405. The fourth-order valence-corrected chi connectivity index (χ4v) is 3.85. The van der Waals surface area contributed by atoms with E-state index in [1.807, 2.05) is 28.1 Å². The molecule has 136 valence electrons. The molecule has 1 saturated heterocycles. The molecule has 1 aliphatic heterocycles. The number of imidazole rings is 1. The number of hydrogen-bond donors (Lipinski definition) is 0. The molecule has 26 heavy (non-hydrogen) atoms. The van der Waals surface area contributed by atoms with Crippen molar-refractivity contribution in [1.29, 1.82) is 0 Å². The first-order valence-electron chi connectivity index (χ1n) is 8.70. The van der Waals surface area contributed by atoms with Gasteiger partial charge < -0.3 is 14.5 Å². The fourth-order valence-electron chi connectivity index (χ4n) is 3.12. The lowest BCUT2D eigenvalue weighted by Crippen LogP contribution is -2.45. The molecule has 3 aromatic rings. The van der Waals surface area contributed by atoms with Gasteiger partial charge in [0, 0.05) is 32.4 Å². The second kappa shape index (κ2) is 7.05. The first-order valence-corrected chi connectivity index (χ1v) is 9.58. The zero-order valence-corrected chi connectivity index (χ0v) is 15.7. The van der Waals surface area contributed by atoms with Gasteiger partial charge in [-0.2, -0.15) is 0 Å². The molecule has 0 amide bonds. The monoisotopic (exact) mass is 371 g/mol. The second-order valence-corrected chi connectivity index (χ2v) is 7.22. The first-order chi connectivity index (χ1) is 12.7. The van der Waals surface area contributed by atoms with Crippen molar-refractivity contribution in [1.82, 2.24) is 19.3 Å². The van der Waals surface area contributed by atoms with Gasteiger partial charge in [0.1, 0.15) is 0 Å². The van der Waals surface area contributed by atoms with Gasteiger partial charge in [0.2, 0.25) is 0 Å². The molecule has 0 spiro atoms. The van der Waals surface area contributed by atoms with Crippen LogP contribution in [0.3, 0.4) is 0 Å². The highest BCUT2D eigenvalue weighted by Crippen LogP contribution is 2.29. The third kappa shape index (κ3) is 3.06. The van der Waals surface area contributed by atoms with E-state index in [2.05, 4.69) is 21.8 Å². The summed E-state index contributed by atoms with van der Waals surface area (Å²) in [4.78, 5) is 27.1. The van der Waals surface area contributed by atoms with Crippen LogP contribution in [-0.2, 0) is 4.74 Å². The summed E-state index contributed by atoms with van der Waals surface area (Å²) in [5, 5.41) is 2.03. The summed E-state index contributed by atoms with van der Waals surface area (Å²) in [6, 6.07) is 4.05. The second-order valence-electron chi connectivity index (χ2n) is 6.27. The Morgan fingerprint density at radius 2 is 2.12 bits per heavy atom. The maximum Gasteiger partial charge on any atom is 0.358 e. The first kappa shape index (κ1) is 17.0. The highest BCUT2D eigenvalue weighted by molar-refractivity contribution is 7.13. The van der Waals surface area contributed by atoms with E-state index < -0.39 is 5.97 Å². The molecule has 0 atom stereocenters. The summed E-state index contributed by atoms with van der Waals surface area (Å²) in [6.07, 6.45) is 3.62. The molecule has 1 fully saturated rings. The SMILES string of the molecule is CCOC(=O)c1cn2c(-c3cccs3)cnc(N3CCN(C)CC3)c2n1. The van der Waals surface area contributed by atoms with Crippen LogP contribution in [0.5, 0.6) is 0 Å². The van der Waals surface area contributed by atoms with Gasteiger partial charge in [-0.3, -0.25) is 4.40 Å². The molecule has 8 heteroatoms.